The summed E-state index contributed by atoms with van der Waals surface area (Å²) >= 11 is 0. The molecule has 0 amide bonds. The Labute approximate surface area is 104 Å². The molecule has 0 aromatic carbocycles. The molecule has 3 heteroatoms. The van der Waals surface area contributed by atoms with Gasteiger partial charge >= 0.3 is 0 Å². The minimum Gasteiger partial charge on any atom is -0.341 e. The standard InChI is InChI=1S/C14H24O3/c15-13-9-7-5-3-1-2-4-6-8-10-14(13)16-11-12-17-14/h1-12H2. The number of hydrogen-bond acceptors (Lipinski definition) is 3. The molecule has 0 aromatic heterocycles. The van der Waals surface area contributed by atoms with Crippen LogP contribution < -0.4 is 0 Å². The van der Waals surface area contributed by atoms with Gasteiger partial charge in [-0.05, 0) is 12.8 Å². The van der Waals surface area contributed by atoms with Crippen LogP contribution in [0, 0.1) is 0 Å². The number of Topliss-reactive ketones (excluding diaryl/α,β-unsaturated/α-hetero) is 1. The first-order chi connectivity index (χ1) is 8.33. The van der Waals surface area contributed by atoms with Crippen molar-refractivity contribution in [3.63, 3.8) is 0 Å². The molecule has 0 atom stereocenters. The Morgan fingerprint density at radius 1 is 0.765 bits per heavy atom. The van der Waals surface area contributed by atoms with Crippen LogP contribution in [0.4, 0.5) is 0 Å². The van der Waals surface area contributed by atoms with E-state index in [9.17, 15) is 4.79 Å². The third-order valence-electron chi connectivity index (χ3n) is 3.84. The van der Waals surface area contributed by atoms with Crippen molar-refractivity contribution >= 4 is 5.78 Å². The highest BCUT2D eigenvalue weighted by atomic mass is 16.7. The van der Waals surface area contributed by atoms with Crippen LogP contribution >= 0.6 is 0 Å². The summed E-state index contributed by atoms with van der Waals surface area (Å²) in [7, 11) is 0. The molecule has 1 aliphatic heterocycles. The van der Waals surface area contributed by atoms with Crippen molar-refractivity contribution in [1.29, 1.82) is 0 Å². The van der Waals surface area contributed by atoms with Crippen LogP contribution in [0.3, 0.4) is 0 Å². The maximum Gasteiger partial charge on any atom is 0.229 e. The monoisotopic (exact) mass is 240 g/mol. The van der Waals surface area contributed by atoms with Gasteiger partial charge in [-0.1, -0.05) is 38.5 Å². The lowest BCUT2D eigenvalue weighted by molar-refractivity contribution is -0.183. The zero-order valence-electron chi connectivity index (χ0n) is 10.7. The summed E-state index contributed by atoms with van der Waals surface area (Å²) in [5.41, 5.74) is 0. The molecule has 0 N–H and O–H groups in total. The molecule has 1 saturated heterocycles. The van der Waals surface area contributed by atoms with Gasteiger partial charge in [0, 0.05) is 12.8 Å². The summed E-state index contributed by atoms with van der Waals surface area (Å²) < 4.78 is 11.3. The SMILES string of the molecule is O=C1CCCCCCCCCCC12OCCO2. The van der Waals surface area contributed by atoms with E-state index in [-0.39, 0.29) is 5.78 Å². The zero-order valence-corrected chi connectivity index (χ0v) is 10.7. The van der Waals surface area contributed by atoms with Crippen molar-refractivity contribution in [3.8, 4) is 0 Å². The average molecular weight is 240 g/mol. The molecule has 17 heavy (non-hydrogen) atoms. The van der Waals surface area contributed by atoms with E-state index in [1.807, 2.05) is 0 Å². The van der Waals surface area contributed by atoms with Gasteiger partial charge in [-0.25, -0.2) is 0 Å². The second-order valence-electron chi connectivity index (χ2n) is 5.20. The van der Waals surface area contributed by atoms with Gasteiger partial charge in [-0.15, -0.1) is 0 Å². The van der Waals surface area contributed by atoms with Gasteiger partial charge in [-0.3, -0.25) is 4.79 Å². The van der Waals surface area contributed by atoms with E-state index < -0.39 is 5.79 Å². The number of rotatable bonds is 0. The lowest BCUT2D eigenvalue weighted by Crippen LogP contribution is -2.39. The third kappa shape index (κ3) is 3.52. The Bertz CT molecular complexity index is 244. The van der Waals surface area contributed by atoms with Crippen molar-refractivity contribution in [1.82, 2.24) is 0 Å². The molecular formula is C14H24O3. The van der Waals surface area contributed by atoms with Gasteiger partial charge in [0.15, 0.2) is 5.78 Å². The highest BCUT2D eigenvalue weighted by molar-refractivity contribution is 5.86. The van der Waals surface area contributed by atoms with Gasteiger partial charge in [0.2, 0.25) is 5.79 Å². The van der Waals surface area contributed by atoms with Crippen LogP contribution in [0.25, 0.3) is 0 Å². The number of ketones is 1. The number of carbonyl (C=O) groups excluding carboxylic acids is 1. The Morgan fingerprint density at radius 2 is 1.29 bits per heavy atom. The Balaban J connectivity index is 1.93. The molecule has 1 heterocycles. The number of hydrogen-bond donors (Lipinski definition) is 0. The topological polar surface area (TPSA) is 35.5 Å². The molecule has 1 saturated carbocycles. The summed E-state index contributed by atoms with van der Waals surface area (Å²) in [6.07, 6.45) is 11.0. The van der Waals surface area contributed by atoms with E-state index in [2.05, 4.69) is 0 Å². The summed E-state index contributed by atoms with van der Waals surface area (Å²) in [6, 6.07) is 0. The summed E-state index contributed by atoms with van der Waals surface area (Å²) in [6.45, 7) is 1.15. The van der Waals surface area contributed by atoms with Crippen LogP contribution in [0.15, 0.2) is 0 Å². The van der Waals surface area contributed by atoms with E-state index in [0.717, 1.165) is 19.3 Å². The van der Waals surface area contributed by atoms with Crippen LogP contribution in [0.1, 0.15) is 64.2 Å². The fraction of sp³-hybridized carbons (Fsp3) is 0.929. The van der Waals surface area contributed by atoms with Crippen molar-refractivity contribution < 1.29 is 14.3 Å². The summed E-state index contributed by atoms with van der Waals surface area (Å²) in [5, 5.41) is 0. The first kappa shape index (κ1) is 13.0. The largest absolute Gasteiger partial charge is 0.341 e. The average Bonchev–Trinajstić information content (AvgIpc) is 2.80. The van der Waals surface area contributed by atoms with Gasteiger partial charge in [0.05, 0.1) is 13.2 Å². The minimum atomic E-state index is -0.862. The molecule has 0 unspecified atom stereocenters. The molecule has 1 aliphatic carbocycles. The second-order valence-corrected chi connectivity index (χ2v) is 5.20. The zero-order chi connectivity index (χ0) is 12.0. The molecule has 0 bridgehead atoms. The number of carbonyl (C=O) groups is 1. The maximum absolute atomic E-state index is 12.2. The molecule has 1 spiro atoms. The van der Waals surface area contributed by atoms with E-state index in [1.54, 1.807) is 0 Å². The maximum atomic E-state index is 12.2. The van der Waals surface area contributed by atoms with Crippen molar-refractivity contribution in [2.75, 3.05) is 13.2 Å². The molecular weight excluding hydrogens is 216 g/mol. The van der Waals surface area contributed by atoms with Gasteiger partial charge in [0.25, 0.3) is 0 Å². The minimum absolute atomic E-state index is 0.176. The first-order valence-corrected chi connectivity index (χ1v) is 7.15. The molecule has 98 valence electrons. The predicted octanol–water partition coefficient (Wildman–Crippen LogP) is 3.21. The predicted molar refractivity (Wildman–Crippen MR) is 65.8 cm³/mol. The summed E-state index contributed by atoms with van der Waals surface area (Å²) in [5.74, 6) is -0.685. The van der Waals surface area contributed by atoms with Gasteiger partial charge < -0.3 is 9.47 Å². The highest BCUT2D eigenvalue weighted by Gasteiger charge is 2.42. The van der Waals surface area contributed by atoms with E-state index in [4.69, 9.17) is 9.47 Å². The van der Waals surface area contributed by atoms with E-state index in [0.29, 0.717) is 19.6 Å². The van der Waals surface area contributed by atoms with E-state index >= 15 is 0 Å². The Kier molecular flexibility index (Phi) is 4.99. The van der Waals surface area contributed by atoms with Crippen molar-refractivity contribution in [2.24, 2.45) is 0 Å². The second kappa shape index (κ2) is 6.50. The fourth-order valence-corrected chi connectivity index (χ4v) is 2.79. The molecule has 0 aromatic rings. The Morgan fingerprint density at radius 3 is 1.94 bits per heavy atom. The quantitative estimate of drug-likeness (QED) is 0.652. The molecule has 3 nitrogen and oxygen atoms in total. The van der Waals surface area contributed by atoms with Crippen molar-refractivity contribution in [2.45, 2.75) is 70.0 Å². The fourth-order valence-electron chi connectivity index (χ4n) is 2.79. The molecule has 2 aliphatic rings. The summed E-state index contributed by atoms with van der Waals surface area (Å²) in [4.78, 5) is 12.2. The molecule has 2 fully saturated rings. The number of ether oxygens (including phenoxy) is 2. The van der Waals surface area contributed by atoms with E-state index in [1.165, 1.54) is 38.5 Å². The van der Waals surface area contributed by atoms with Gasteiger partial charge in [0.1, 0.15) is 0 Å². The normalized spacial score (nSPS) is 27.6. The van der Waals surface area contributed by atoms with Crippen molar-refractivity contribution in [3.05, 3.63) is 0 Å². The van der Waals surface area contributed by atoms with Crippen LogP contribution in [-0.4, -0.2) is 24.8 Å². The van der Waals surface area contributed by atoms with Gasteiger partial charge in [-0.2, -0.15) is 0 Å². The Hall–Kier alpha value is -0.410. The first-order valence-electron chi connectivity index (χ1n) is 7.15. The van der Waals surface area contributed by atoms with Crippen LogP contribution in [0.2, 0.25) is 0 Å². The molecule has 0 radical (unpaired) electrons. The highest BCUT2D eigenvalue weighted by Crippen LogP contribution is 2.30. The van der Waals surface area contributed by atoms with Crippen LogP contribution in [0.5, 0.6) is 0 Å². The third-order valence-corrected chi connectivity index (χ3v) is 3.84. The van der Waals surface area contributed by atoms with Crippen LogP contribution in [-0.2, 0) is 14.3 Å². The lowest BCUT2D eigenvalue weighted by atomic mass is 9.96. The molecule has 2 rings (SSSR count). The lowest BCUT2D eigenvalue weighted by Gasteiger charge is -2.26. The smallest absolute Gasteiger partial charge is 0.229 e.